The number of hydrogen-bond donors (Lipinski definition) is 1. The van der Waals surface area contributed by atoms with E-state index in [0.29, 0.717) is 11.9 Å². The van der Waals surface area contributed by atoms with E-state index in [1.54, 1.807) is 16.7 Å². The predicted octanol–water partition coefficient (Wildman–Crippen LogP) is 0.651. The maximum absolute atomic E-state index is 11.8. The van der Waals surface area contributed by atoms with Crippen molar-refractivity contribution in [3.8, 4) is 0 Å². The second-order valence-electron chi connectivity index (χ2n) is 4.59. The number of thioether (sulfide) groups is 1. The van der Waals surface area contributed by atoms with Gasteiger partial charge in [-0.05, 0) is 13.8 Å². The topological polar surface area (TPSA) is 49.8 Å². The molecule has 5 heteroatoms. The second kappa shape index (κ2) is 3.64. The number of carbonyl (C=O) groups is 1. The Morgan fingerprint density at radius 2 is 2.33 bits per heavy atom. The molecule has 0 bridgehead atoms. The van der Waals surface area contributed by atoms with E-state index in [1.807, 2.05) is 13.8 Å². The molecule has 1 amide bonds. The molecule has 0 aromatic rings. The number of β-lactam (4-membered cyclic amide) rings is 1. The van der Waals surface area contributed by atoms with E-state index in [4.69, 9.17) is 9.84 Å². The summed E-state index contributed by atoms with van der Waals surface area (Å²) in [7, 11) is 0. The second-order valence-corrected chi connectivity index (χ2v) is 6.15. The van der Waals surface area contributed by atoms with Gasteiger partial charge in [0.05, 0.1) is 24.5 Å². The average Bonchev–Trinajstić information content (AvgIpc) is 2.23. The van der Waals surface area contributed by atoms with Crippen molar-refractivity contribution in [3.05, 3.63) is 0 Å². The fourth-order valence-corrected chi connectivity index (χ4v) is 3.58. The Kier molecular flexibility index (Phi) is 2.73. The van der Waals surface area contributed by atoms with Gasteiger partial charge in [0.2, 0.25) is 5.91 Å². The smallest absolute Gasteiger partial charge is 0.234 e. The van der Waals surface area contributed by atoms with Gasteiger partial charge in [0.25, 0.3) is 0 Å². The molecule has 86 valence electrons. The third-order valence-electron chi connectivity index (χ3n) is 2.97. The fourth-order valence-electron chi connectivity index (χ4n) is 2.09. The lowest BCUT2D eigenvalue weighted by Gasteiger charge is -2.51. The van der Waals surface area contributed by atoms with Gasteiger partial charge < -0.3 is 14.7 Å². The zero-order valence-electron chi connectivity index (χ0n) is 9.27. The highest BCUT2D eigenvalue weighted by Crippen LogP contribution is 2.44. The highest BCUT2D eigenvalue weighted by Gasteiger charge is 2.55. The Bertz CT molecular complexity index is 282. The zero-order chi connectivity index (χ0) is 11.2. The lowest BCUT2D eigenvalue weighted by atomic mass is 9.96. The fraction of sp³-hybridized carbons (Fsp3) is 0.900. The molecular weight excluding hydrogens is 214 g/mol. The molecule has 3 atom stereocenters. The standard InChI is InChI=1S/C10H17NO3S/c1-6-5-14-10(2,3)11-8(13)7(4-12)9(11)15-6/h6-7,9,12H,4-5H2,1-3H3/t6-,7+,9-/m1/s1. The predicted molar refractivity (Wildman–Crippen MR) is 58.3 cm³/mol. The van der Waals surface area contributed by atoms with Crippen molar-refractivity contribution in [2.24, 2.45) is 5.92 Å². The number of amides is 1. The third-order valence-corrected chi connectivity index (χ3v) is 4.39. The Morgan fingerprint density at radius 3 is 2.93 bits per heavy atom. The van der Waals surface area contributed by atoms with Crippen molar-refractivity contribution in [1.82, 2.24) is 4.90 Å². The van der Waals surface area contributed by atoms with Crippen molar-refractivity contribution in [1.29, 1.82) is 0 Å². The van der Waals surface area contributed by atoms with Crippen LogP contribution in [0.5, 0.6) is 0 Å². The SMILES string of the molecule is C[C@@H]1COC(C)(C)N2C(=O)[C@H](CO)[C@H]2S1. The first kappa shape index (κ1) is 11.2. The number of rotatable bonds is 1. The van der Waals surface area contributed by atoms with Gasteiger partial charge in [-0.15, -0.1) is 11.8 Å². The molecule has 0 saturated carbocycles. The van der Waals surface area contributed by atoms with Gasteiger partial charge in [-0.2, -0.15) is 0 Å². The molecule has 2 rings (SSSR count). The molecule has 0 aromatic carbocycles. The lowest BCUT2D eigenvalue weighted by molar-refractivity contribution is -0.196. The third kappa shape index (κ3) is 1.66. The molecular formula is C10H17NO3S. The summed E-state index contributed by atoms with van der Waals surface area (Å²) in [5, 5.41) is 9.58. The molecule has 2 fully saturated rings. The number of aliphatic hydroxyl groups is 1. The van der Waals surface area contributed by atoms with E-state index < -0.39 is 5.72 Å². The molecule has 2 aliphatic rings. The summed E-state index contributed by atoms with van der Waals surface area (Å²) in [6.45, 7) is 6.49. The molecule has 2 heterocycles. The number of ether oxygens (including phenoxy) is 1. The summed E-state index contributed by atoms with van der Waals surface area (Å²) in [6.07, 6.45) is 0. The van der Waals surface area contributed by atoms with Crippen molar-refractivity contribution in [2.75, 3.05) is 13.2 Å². The number of fused-ring (bicyclic) bond motifs is 1. The van der Waals surface area contributed by atoms with Crippen LogP contribution in [0, 0.1) is 5.92 Å². The number of aliphatic hydroxyl groups excluding tert-OH is 1. The maximum Gasteiger partial charge on any atom is 0.234 e. The lowest BCUT2D eigenvalue weighted by Crippen LogP contribution is -2.67. The van der Waals surface area contributed by atoms with Crippen LogP contribution in [0.1, 0.15) is 20.8 Å². The molecule has 0 aliphatic carbocycles. The normalized spacial score (nSPS) is 39.3. The average molecular weight is 231 g/mol. The van der Waals surface area contributed by atoms with E-state index in [1.165, 1.54) is 0 Å². The van der Waals surface area contributed by atoms with Crippen LogP contribution in [0.25, 0.3) is 0 Å². The van der Waals surface area contributed by atoms with Crippen LogP contribution in [0.2, 0.25) is 0 Å². The van der Waals surface area contributed by atoms with Crippen molar-refractivity contribution < 1.29 is 14.6 Å². The highest BCUT2D eigenvalue weighted by atomic mass is 32.2. The summed E-state index contributed by atoms with van der Waals surface area (Å²) in [5.74, 6) is -0.229. The quantitative estimate of drug-likeness (QED) is 0.673. The minimum absolute atomic E-state index is 0.00843. The molecule has 15 heavy (non-hydrogen) atoms. The molecule has 1 N–H and O–H groups in total. The first-order valence-corrected chi connectivity index (χ1v) is 6.15. The Hall–Kier alpha value is -0.260. The summed E-state index contributed by atoms with van der Waals surface area (Å²) in [6, 6.07) is 0. The van der Waals surface area contributed by atoms with E-state index in [-0.39, 0.29) is 23.8 Å². The number of hydrogen-bond acceptors (Lipinski definition) is 4. The van der Waals surface area contributed by atoms with Gasteiger partial charge >= 0.3 is 0 Å². The summed E-state index contributed by atoms with van der Waals surface area (Å²) < 4.78 is 5.70. The molecule has 4 nitrogen and oxygen atoms in total. The van der Waals surface area contributed by atoms with Crippen LogP contribution in [0.15, 0.2) is 0 Å². The molecule has 0 spiro atoms. The number of carbonyl (C=O) groups excluding carboxylic acids is 1. The first-order valence-electron chi connectivity index (χ1n) is 5.21. The highest BCUT2D eigenvalue weighted by molar-refractivity contribution is 8.00. The van der Waals surface area contributed by atoms with Gasteiger partial charge in [0, 0.05) is 5.25 Å². The Labute approximate surface area is 94.0 Å². The molecule has 0 aromatic heterocycles. The van der Waals surface area contributed by atoms with E-state index in [0.717, 1.165) is 0 Å². The zero-order valence-corrected chi connectivity index (χ0v) is 10.1. The van der Waals surface area contributed by atoms with Crippen molar-refractivity contribution in [3.63, 3.8) is 0 Å². The van der Waals surface area contributed by atoms with Crippen LogP contribution >= 0.6 is 11.8 Å². The van der Waals surface area contributed by atoms with Gasteiger partial charge in [0.15, 0.2) is 0 Å². The molecule has 0 unspecified atom stereocenters. The molecule has 2 saturated heterocycles. The van der Waals surface area contributed by atoms with Crippen LogP contribution in [0.4, 0.5) is 0 Å². The largest absolute Gasteiger partial charge is 0.395 e. The first-order chi connectivity index (χ1) is 6.97. The van der Waals surface area contributed by atoms with E-state index in [9.17, 15) is 4.79 Å². The molecule has 2 aliphatic heterocycles. The monoisotopic (exact) mass is 231 g/mol. The summed E-state index contributed by atoms with van der Waals surface area (Å²) in [5.41, 5.74) is -0.537. The summed E-state index contributed by atoms with van der Waals surface area (Å²) in [4.78, 5) is 13.5. The Balaban J connectivity index is 2.22. The van der Waals surface area contributed by atoms with Crippen LogP contribution in [0.3, 0.4) is 0 Å². The van der Waals surface area contributed by atoms with Crippen LogP contribution in [-0.2, 0) is 9.53 Å². The van der Waals surface area contributed by atoms with Crippen molar-refractivity contribution >= 4 is 17.7 Å². The van der Waals surface area contributed by atoms with Crippen LogP contribution in [-0.4, -0.2) is 45.5 Å². The van der Waals surface area contributed by atoms with Gasteiger partial charge in [-0.25, -0.2) is 0 Å². The van der Waals surface area contributed by atoms with E-state index in [2.05, 4.69) is 6.92 Å². The van der Waals surface area contributed by atoms with Gasteiger partial charge in [0.1, 0.15) is 5.72 Å². The van der Waals surface area contributed by atoms with Gasteiger partial charge in [-0.1, -0.05) is 6.92 Å². The van der Waals surface area contributed by atoms with Gasteiger partial charge in [-0.3, -0.25) is 4.79 Å². The van der Waals surface area contributed by atoms with Crippen LogP contribution < -0.4 is 0 Å². The van der Waals surface area contributed by atoms with E-state index >= 15 is 0 Å². The Morgan fingerprint density at radius 1 is 1.67 bits per heavy atom. The minimum atomic E-state index is -0.537. The summed E-state index contributed by atoms with van der Waals surface area (Å²) >= 11 is 1.72. The number of nitrogens with zero attached hydrogens (tertiary/aromatic N) is 1. The van der Waals surface area contributed by atoms with Crippen molar-refractivity contribution in [2.45, 2.75) is 37.1 Å². The minimum Gasteiger partial charge on any atom is -0.395 e. The molecule has 0 radical (unpaired) electrons. The maximum atomic E-state index is 11.8.